The summed E-state index contributed by atoms with van der Waals surface area (Å²) < 4.78 is 0. The summed E-state index contributed by atoms with van der Waals surface area (Å²) in [7, 11) is 0. The van der Waals surface area contributed by atoms with E-state index in [1.807, 2.05) is 0 Å². The van der Waals surface area contributed by atoms with E-state index >= 15 is 0 Å². The Kier molecular flexibility index (Phi) is 4.30. The van der Waals surface area contributed by atoms with Gasteiger partial charge in [-0.2, -0.15) is 0 Å². The van der Waals surface area contributed by atoms with Crippen molar-refractivity contribution >= 4 is 30.8 Å². The molecule has 1 N–H and O–H groups in total. The molecule has 9 heavy (non-hydrogen) atoms. The van der Waals surface area contributed by atoms with Gasteiger partial charge >= 0.3 is 5.97 Å². The molecule has 1 aliphatic rings. The van der Waals surface area contributed by atoms with Crippen LogP contribution in [0.2, 0.25) is 0 Å². The Hall–Kier alpha value is 0.0500. The van der Waals surface area contributed by atoms with E-state index in [9.17, 15) is 4.79 Å². The number of carboxylic acids is 1. The normalized spacial score (nSPS) is 18.8. The Bertz CT molecular complexity index is 110. The first-order valence-corrected chi connectivity index (χ1v) is 2.38. The van der Waals surface area contributed by atoms with E-state index < -0.39 is 5.97 Å². The summed E-state index contributed by atoms with van der Waals surface area (Å²) in [5.74, 6) is -0.646. The third kappa shape index (κ3) is 2.41. The Morgan fingerprint density at radius 2 is 1.78 bits per heavy atom. The third-order valence-corrected chi connectivity index (χ3v) is 1.52. The summed E-state index contributed by atoms with van der Waals surface area (Å²) >= 11 is 0. The first kappa shape index (κ1) is 11.8. The Balaban J connectivity index is 0. The van der Waals surface area contributed by atoms with Crippen molar-refractivity contribution in [1.29, 1.82) is 0 Å². The van der Waals surface area contributed by atoms with Crippen molar-refractivity contribution in [2.75, 3.05) is 0 Å². The zero-order valence-electron chi connectivity index (χ0n) is 5.09. The second-order valence-corrected chi connectivity index (χ2v) is 2.37. The Labute approximate surface area is 66.5 Å². The van der Waals surface area contributed by atoms with Crippen molar-refractivity contribution in [3.05, 3.63) is 0 Å². The minimum atomic E-state index is -0.646. The van der Waals surface area contributed by atoms with Crippen LogP contribution >= 0.6 is 24.8 Å². The Morgan fingerprint density at radius 1 is 1.44 bits per heavy atom. The highest BCUT2D eigenvalue weighted by Gasteiger charge is 2.44. The minimum absolute atomic E-state index is 0. The van der Waals surface area contributed by atoms with Crippen LogP contribution in [0.1, 0.15) is 19.8 Å². The zero-order chi connectivity index (χ0) is 5.49. The van der Waals surface area contributed by atoms with Crippen LogP contribution in [-0.4, -0.2) is 11.1 Å². The number of aliphatic carboxylic acids is 1. The lowest BCUT2D eigenvalue weighted by Gasteiger charge is -1.94. The van der Waals surface area contributed by atoms with E-state index in [-0.39, 0.29) is 30.2 Å². The van der Waals surface area contributed by atoms with Crippen molar-refractivity contribution < 1.29 is 9.90 Å². The van der Waals surface area contributed by atoms with Crippen LogP contribution in [0.5, 0.6) is 0 Å². The van der Waals surface area contributed by atoms with Crippen LogP contribution in [0.4, 0.5) is 0 Å². The van der Waals surface area contributed by atoms with Gasteiger partial charge in [0.15, 0.2) is 0 Å². The molecule has 0 radical (unpaired) electrons. The van der Waals surface area contributed by atoms with Gasteiger partial charge in [-0.25, -0.2) is 0 Å². The van der Waals surface area contributed by atoms with E-state index in [1.165, 1.54) is 0 Å². The fourth-order valence-electron chi connectivity index (χ4n) is 0.401. The van der Waals surface area contributed by atoms with Crippen molar-refractivity contribution in [3.63, 3.8) is 0 Å². The number of hydrogen-bond donors (Lipinski definition) is 1. The summed E-state index contributed by atoms with van der Waals surface area (Å²) in [6.07, 6.45) is 1.73. The molecule has 0 aliphatic heterocycles. The van der Waals surface area contributed by atoms with Gasteiger partial charge in [0, 0.05) is 0 Å². The molecule has 56 valence electrons. The second-order valence-electron chi connectivity index (χ2n) is 2.37. The number of hydrogen-bond acceptors (Lipinski definition) is 1. The van der Waals surface area contributed by atoms with Gasteiger partial charge in [-0.15, -0.1) is 24.8 Å². The third-order valence-electron chi connectivity index (χ3n) is 1.52. The quantitative estimate of drug-likeness (QED) is 0.655. The predicted octanol–water partition coefficient (Wildman–Crippen LogP) is 1.71. The monoisotopic (exact) mass is 172 g/mol. The number of carboxylic acid groups (broad SMARTS) is 1. The lowest BCUT2D eigenvalue weighted by Crippen LogP contribution is -2.08. The topological polar surface area (TPSA) is 37.3 Å². The summed E-state index contributed by atoms with van der Waals surface area (Å²) in [4.78, 5) is 10.1. The van der Waals surface area contributed by atoms with Gasteiger partial charge < -0.3 is 5.11 Å². The SMILES string of the molecule is CC1(C(=O)O)CC1.Cl.Cl. The molecular weight excluding hydrogens is 163 g/mol. The van der Waals surface area contributed by atoms with Crippen LogP contribution in [-0.2, 0) is 4.79 Å². The lowest BCUT2D eigenvalue weighted by molar-refractivity contribution is -0.142. The molecule has 2 nitrogen and oxygen atoms in total. The molecule has 1 fully saturated rings. The molecule has 1 rings (SSSR count). The summed E-state index contributed by atoms with van der Waals surface area (Å²) in [6.45, 7) is 1.77. The largest absolute Gasteiger partial charge is 0.481 e. The standard InChI is InChI=1S/C5H8O2.2ClH/c1-5(2-3-5)4(6)7;;/h2-3H2,1H3,(H,6,7);2*1H. The van der Waals surface area contributed by atoms with Crippen molar-refractivity contribution in [1.82, 2.24) is 0 Å². The van der Waals surface area contributed by atoms with E-state index in [2.05, 4.69) is 0 Å². The highest BCUT2D eigenvalue weighted by molar-refractivity contribution is 5.85. The molecule has 0 saturated heterocycles. The molecule has 0 aromatic heterocycles. The van der Waals surface area contributed by atoms with E-state index in [0.717, 1.165) is 12.8 Å². The predicted molar refractivity (Wildman–Crippen MR) is 39.5 cm³/mol. The Morgan fingerprint density at radius 3 is 1.78 bits per heavy atom. The van der Waals surface area contributed by atoms with Crippen LogP contribution in [0.15, 0.2) is 0 Å². The highest BCUT2D eigenvalue weighted by atomic mass is 35.5. The molecule has 0 heterocycles. The van der Waals surface area contributed by atoms with Gasteiger partial charge in [-0.05, 0) is 19.8 Å². The average molecular weight is 173 g/mol. The van der Waals surface area contributed by atoms with Crippen molar-refractivity contribution in [2.45, 2.75) is 19.8 Å². The fraction of sp³-hybridized carbons (Fsp3) is 0.800. The summed E-state index contributed by atoms with van der Waals surface area (Å²) in [5.41, 5.74) is -0.333. The van der Waals surface area contributed by atoms with Crippen LogP contribution < -0.4 is 0 Å². The summed E-state index contributed by atoms with van der Waals surface area (Å²) in [6, 6.07) is 0. The molecule has 0 aromatic carbocycles. The molecule has 0 spiro atoms. The fourth-order valence-corrected chi connectivity index (χ4v) is 0.401. The van der Waals surface area contributed by atoms with Crippen LogP contribution in [0.25, 0.3) is 0 Å². The molecule has 0 atom stereocenters. The highest BCUT2D eigenvalue weighted by Crippen LogP contribution is 2.44. The van der Waals surface area contributed by atoms with Crippen LogP contribution in [0.3, 0.4) is 0 Å². The molecule has 4 heteroatoms. The van der Waals surface area contributed by atoms with E-state index in [0.29, 0.717) is 0 Å². The van der Waals surface area contributed by atoms with Crippen molar-refractivity contribution in [2.24, 2.45) is 5.41 Å². The van der Waals surface area contributed by atoms with Gasteiger partial charge in [0.05, 0.1) is 5.41 Å². The minimum Gasteiger partial charge on any atom is -0.481 e. The molecular formula is C5H10Cl2O2. The summed E-state index contributed by atoms with van der Waals surface area (Å²) in [5, 5.41) is 8.31. The molecule has 1 aliphatic carbocycles. The van der Waals surface area contributed by atoms with Crippen molar-refractivity contribution in [3.8, 4) is 0 Å². The average Bonchev–Trinajstić information content (AvgIpc) is 2.21. The zero-order valence-corrected chi connectivity index (χ0v) is 6.72. The maximum atomic E-state index is 10.1. The van der Waals surface area contributed by atoms with E-state index in [4.69, 9.17) is 5.11 Å². The first-order valence-electron chi connectivity index (χ1n) is 2.38. The lowest BCUT2D eigenvalue weighted by atomic mass is 10.2. The number of halogens is 2. The number of rotatable bonds is 1. The van der Waals surface area contributed by atoms with Gasteiger partial charge in [0.25, 0.3) is 0 Å². The smallest absolute Gasteiger partial charge is 0.309 e. The van der Waals surface area contributed by atoms with Gasteiger partial charge in [-0.3, -0.25) is 4.79 Å². The second kappa shape index (κ2) is 3.28. The molecule has 0 amide bonds. The number of carbonyl (C=O) groups is 1. The first-order chi connectivity index (χ1) is 3.15. The molecule has 0 bridgehead atoms. The molecule has 0 unspecified atom stereocenters. The molecule has 1 saturated carbocycles. The maximum absolute atomic E-state index is 10.1. The van der Waals surface area contributed by atoms with Gasteiger partial charge in [0.2, 0.25) is 0 Å². The van der Waals surface area contributed by atoms with Gasteiger partial charge in [-0.1, -0.05) is 0 Å². The van der Waals surface area contributed by atoms with E-state index in [1.54, 1.807) is 6.92 Å². The molecule has 0 aromatic rings. The van der Waals surface area contributed by atoms with Gasteiger partial charge in [0.1, 0.15) is 0 Å². The maximum Gasteiger partial charge on any atom is 0.309 e. The van der Waals surface area contributed by atoms with Crippen LogP contribution in [0, 0.1) is 5.41 Å².